The number of benzene rings is 1. The summed E-state index contributed by atoms with van der Waals surface area (Å²) >= 11 is 0. The van der Waals surface area contributed by atoms with Crippen molar-refractivity contribution < 1.29 is 14.3 Å². The maximum absolute atomic E-state index is 12.5. The molecule has 0 unspecified atom stereocenters. The predicted molar refractivity (Wildman–Crippen MR) is 92.2 cm³/mol. The topological polar surface area (TPSA) is 71.0 Å². The number of amides is 2. The van der Waals surface area contributed by atoms with Crippen molar-refractivity contribution in [2.45, 2.75) is 38.1 Å². The van der Waals surface area contributed by atoms with E-state index in [0.717, 1.165) is 11.5 Å². The van der Waals surface area contributed by atoms with Gasteiger partial charge in [0.2, 0.25) is 5.91 Å². The summed E-state index contributed by atoms with van der Waals surface area (Å²) in [6.07, 6.45) is 2.60. The van der Waals surface area contributed by atoms with Crippen molar-refractivity contribution in [2.24, 2.45) is 10.9 Å². The fourth-order valence-electron chi connectivity index (χ4n) is 3.52. The fraction of sp³-hybridized carbons (Fsp3) is 0.500. The van der Waals surface area contributed by atoms with Gasteiger partial charge in [-0.3, -0.25) is 14.6 Å². The van der Waals surface area contributed by atoms with Crippen molar-refractivity contribution >= 4 is 23.3 Å². The van der Waals surface area contributed by atoms with Crippen molar-refractivity contribution in [3.63, 3.8) is 0 Å². The van der Waals surface area contributed by atoms with Crippen LogP contribution in [0.25, 0.3) is 0 Å². The maximum Gasteiger partial charge on any atom is 0.255 e. The Kier molecular flexibility index (Phi) is 4.30. The molecule has 1 saturated carbocycles. The minimum Gasteiger partial charge on any atom is -0.497 e. The minimum atomic E-state index is -0.633. The molecule has 6 nitrogen and oxygen atoms in total. The molecule has 1 aliphatic heterocycles. The lowest BCUT2D eigenvalue weighted by atomic mass is 9.76. The third kappa shape index (κ3) is 2.88. The lowest BCUT2D eigenvalue weighted by Crippen LogP contribution is -2.44. The Hall–Kier alpha value is -2.37. The van der Waals surface area contributed by atoms with E-state index in [4.69, 9.17) is 4.74 Å². The Morgan fingerprint density at radius 1 is 1.38 bits per heavy atom. The Morgan fingerprint density at radius 2 is 2.08 bits per heavy atom. The largest absolute Gasteiger partial charge is 0.497 e. The van der Waals surface area contributed by atoms with Gasteiger partial charge in [-0.2, -0.15) is 0 Å². The smallest absolute Gasteiger partial charge is 0.255 e. The zero-order chi connectivity index (χ0) is 17.3. The summed E-state index contributed by atoms with van der Waals surface area (Å²) in [6.45, 7) is 1.86. The molecule has 1 aliphatic carbocycles. The van der Waals surface area contributed by atoms with E-state index in [1.54, 1.807) is 25.1 Å². The number of hydrogen-bond donors (Lipinski definition) is 1. The van der Waals surface area contributed by atoms with E-state index in [0.29, 0.717) is 31.4 Å². The Morgan fingerprint density at radius 3 is 2.67 bits per heavy atom. The number of methoxy groups -OCH3 is 1. The maximum atomic E-state index is 12.5. The van der Waals surface area contributed by atoms with Crippen LogP contribution in [-0.4, -0.2) is 42.2 Å². The van der Waals surface area contributed by atoms with Crippen LogP contribution in [0.1, 0.15) is 32.6 Å². The summed E-state index contributed by atoms with van der Waals surface area (Å²) < 4.78 is 5.17. The average Bonchev–Trinajstić information content (AvgIpc) is 2.79. The van der Waals surface area contributed by atoms with Crippen LogP contribution in [0.4, 0.5) is 5.69 Å². The Bertz CT molecular complexity index is 691. The molecule has 24 heavy (non-hydrogen) atoms. The first kappa shape index (κ1) is 16.5. The zero-order valence-electron chi connectivity index (χ0n) is 14.3. The molecular formula is C18H23N3O3. The van der Waals surface area contributed by atoms with Crippen LogP contribution in [0.3, 0.4) is 0 Å². The molecule has 2 aliphatic rings. The number of aliphatic imine (C=N–C) groups is 1. The molecule has 1 N–H and O–H groups in total. The van der Waals surface area contributed by atoms with Crippen molar-refractivity contribution in [3.8, 4) is 5.75 Å². The van der Waals surface area contributed by atoms with Crippen LogP contribution >= 0.6 is 0 Å². The number of rotatable bonds is 3. The van der Waals surface area contributed by atoms with Crippen molar-refractivity contribution in [2.75, 3.05) is 19.5 Å². The fourth-order valence-corrected chi connectivity index (χ4v) is 3.52. The number of ether oxygens (including phenoxy) is 1. The van der Waals surface area contributed by atoms with Gasteiger partial charge in [-0.25, -0.2) is 0 Å². The van der Waals surface area contributed by atoms with E-state index in [2.05, 4.69) is 10.3 Å². The van der Waals surface area contributed by atoms with Gasteiger partial charge in [-0.05, 0) is 44.7 Å². The lowest BCUT2D eigenvalue weighted by Gasteiger charge is -2.33. The van der Waals surface area contributed by atoms with Gasteiger partial charge in [-0.15, -0.1) is 0 Å². The molecule has 0 bridgehead atoms. The van der Waals surface area contributed by atoms with Crippen LogP contribution in [0.2, 0.25) is 0 Å². The standard InChI is InChI=1S/C18H23N3O3/c1-12-20-18(17(23)21(12)2)9-7-13(8-10-18)16(22)19-14-5-4-6-15(11-14)24-3/h4-6,11,13H,7-10H2,1-3H3,(H,19,22). The molecule has 1 aromatic rings. The van der Waals surface area contributed by atoms with Crippen molar-refractivity contribution in [1.29, 1.82) is 0 Å². The van der Waals surface area contributed by atoms with Gasteiger partial charge in [0.15, 0.2) is 0 Å². The number of hydrogen-bond acceptors (Lipinski definition) is 4. The highest BCUT2D eigenvalue weighted by atomic mass is 16.5. The second kappa shape index (κ2) is 6.26. The molecule has 1 fully saturated rings. The first-order valence-corrected chi connectivity index (χ1v) is 8.25. The van der Waals surface area contributed by atoms with Gasteiger partial charge in [-0.1, -0.05) is 6.07 Å². The summed E-state index contributed by atoms with van der Waals surface area (Å²) in [4.78, 5) is 31.1. The summed E-state index contributed by atoms with van der Waals surface area (Å²) in [6, 6.07) is 7.32. The normalized spacial score (nSPS) is 26.5. The Labute approximate surface area is 141 Å². The van der Waals surface area contributed by atoms with Crippen LogP contribution in [0.15, 0.2) is 29.3 Å². The zero-order valence-corrected chi connectivity index (χ0v) is 14.3. The number of anilines is 1. The predicted octanol–water partition coefficient (Wildman–Crippen LogP) is 2.45. The van der Waals surface area contributed by atoms with Gasteiger partial charge in [0.1, 0.15) is 17.1 Å². The molecule has 1 heterocycles. The number of amidine groups is 1. The van der Waals surface area contributed by atoms with E-state index in [1.165, 1.54) is 0 Å². The van der Waals surface area contributed by atoms with E-state index in [-0.39, 0.29) is 17.7 Å². The minimum absolute atomic E-state index is 0.00222. The summed E-state index contributed by atoms with van der Waals surface area (Å²) in [5.74, 6) is 1.44. The number of nitrogens with one attached hydrogen (secondary N) is 1. The van der Waals surface area contributed by atoms with Crippen molar-refractivity contribution in [1.82, 2.24) is 4.90 Å². The number of likely N-dealkylation sites (N-methyl/N-ethyl adjacent to an activating group) is 1. The van der Waals surface area contributed by atoms with E-state index < -0.39 is 5.54 Å². The molecule has 2 amide bonds. The van der Waals surface area contributed by atoms with Crippen LogP contribution in [-0.2, 0) is 9.59 Å². The third-order valence-corrected chi connectivity index (χ3v) is 5.08. The van der Waals surface area contributed by atoms with Gasteiger partial charge in [0, 0.05) is 24.7 Å². The van der Waals surface area contributed by atoms with E-state index >= 15 is 0 Å². The molecule has 1 spiro atoms. The third-order valence-electron chi connectivity index (χ3n) is 5.08. The molecule has 6 heteroatoms. The quantitative estimate of drug-likeness (QED) is 0.926. The highest BCUT2D eigenvalue weighted by molar-refractivity contribution is 6.07. The van der Waals surface area contributed by atoms with E-state index in [1.807, 2.05) is 25.1 Å². The second-order valence-electron chi connectivity index (χ2n) is 6.55. The summed E-state index contributed by atoms with van der Waals surface area (Å²) in [5.41, 5.74) is 0.0937. The molecule has 0 aromatic heterocycles. The Balaban J connectivity index is 1.62. The first-order chi connectivity index (χ1) is 11.4. The van der Waals surface area contributed by atoms with Gasteiger partial charge >= 0.3 is 0 Å². The van der Waals surface area contributed by atoms with Crippen molar-refractivity contribution in [3.05, 3.63) is 24.3 Å². The van der Waals surface area contributed by atoms with Gasteiger partial charge < -0.3 is 15.0 Å². The summed E-state index contributed by atoms with van der Waals surface area (Å²) in [7, 11) is 3.36. The van der Waals surface area contributed by atoms with Crippen LogP contribution in [0.5, 0.6) is 5.75 Å². The molecule has 3 rings (SSSR count). The molecule has 1 aromatic carbocycles. The molecule has 128 valence electrons. The monoisotopic (exact) mass is 329 g/mol. The molecule has 0 radical (unpaired) electrons. The highest BCUT2D eigenvalue weighted by Crippen LogP contribution is 2.39. The lowest BCUT2D eigenvalue weighted by molar-refractivity contribution is -0.133. The number of carbonyl (C=O) groups is 2. The molecule has 0 saturated heterocycles. The molecular weight excluding hydrogens is 306 g/mol. The van der Waals surface area contributed by atoms with Gasteiger partial charge in [0.25, 0.3) is 5.91 Å². The second-order valence-corrected chi connectivity index (χ2v) is 6.55. The first-order valence-electron chi connectivity index (χ1n) is 8.25. The van der Waals surface area contributed by atoms with Gasteiger partial charge in [0.05, 0.1) is 7.11 Å². The number of nitrogens with zero attached hydrogens (tertiary/aromatic N) is 2. The SMILES string of the molecule is COc1cccc(NC(=O)C2CCC3(CC2)N=C(C)N(C)C3=O)c1. The summed E-state index contributed by atoms with van der Waals surface area (Å²) in [5, 5.41) is 2.94. The number of carbonyl (C=O) groups excluding carboxylic acids is 2. The average molecular weight is 329 g/mol. The van der Waals surface area contributed by atoms with Crippen LogP contribution in [0, 0.1) is 5.92 Å². The highest BCUT2D eigenvalue weighted by Gasteiger charge is 2.48. The molecule has 0 atom stereocenters. The van der Waals surface area contributed by atoms with E-state index in [9.17, 15) is 9.59 Å². The van der Waals surface area contributed by atoms with Crippen LogP contribution < -0.4 is 10.1 Å².